The molecule has 7 heteroatoms. The summed E-state index contributed by atoms with van der Waals surface area (Å²) in [5, 5.41) is 0. The van der Waals surface area contributed by atoms with Gasteiger partial charge in [-0.25, -0.2) is 13.4 Å². The van der Waals surface area contributed by atoms with Crippen LogP contribution in [-0.4, -0.2) is 45.8 Å². The average Bonchev–Trinajstić information content (AvgIpc) is 2.57. The predicted molar refractivity (Wildman–Crippen MR) is 103 cm³/mol. The highest BCUT2D eigenvalue weighted by Crippen LogP contribution is 2.25. The standard InChI is InChI=1S/C18H24N4O2S/c1-14-5-4-6-17(15(14)2)21-9-11-22(12-10-21)18-8-7-16(13-19-18)20-25(3,23)24/h4-8,13,20H,9-12H2,1-3H3. The number of nitrogens with one attached hydrogen (secondary N) is 1. The summed E-state index contributed by atoms with van der Waals surface area (Å²) in [6, 6.07) is 10.0. The van der Waals surface area contributed by atoms with Gasteiger partial charge < -0.3 is 9.80 Å². The Labute approximate surface area is 149 Å². The summed E-state index contributed by atoms with van der Waals surface area (Å²) in [7, 11) is -3.27. The van der Waals surface area contributed by atoms with Gasteiger partial charge in [-0.3, -0.25) is 4.72 Å². The molecule has 1 aromatic carbocycles. The Bertz CT molecular complexity index is 842. The molecule has 1 N–H and O–H groups in total. The van der Waals surface area contributed by atoms with Crippen molar-refractivity contribution < 1.29 is 8.42 Å². The quantitative estimate of drug-likeness (QED) is 0.907. The van der Waals surface area contributed by atoms with Crippen LogP contribution in [-0.2, 0) is 10.0 Å². The lowest BCUT2D eigenvalue weighted by atomic mass is 10.1. The van der Waals surface area contributed by atoms with E-state index in [4.69, 9.17) is 0 Å². The molecular weight excluding hydrogens is 336 g/mol. The van der Waals surface area contributed by atoms with E-state index in [9.17, 15) is 8.42 Å². The van der Waals surface area contributed by atoms with E-state index in [1.54, 1.807) is 12.3 Å². The fourth-order valence-corrected chi connectivity index (χ4v) is 3.65. The van der Waals surface area contributed by atoms with Crippen LogP contribution in [0.4, 0.5) is 17.2 Å². The summed E-state index contributed by atoms with van der Waals surface area (Å²) in [6.07, 6.45) is 2.70. The molecule has 0 spiro atoms. The molecule has 3 rings (SSSR count). The molecule has 1 fully saturated rings. The van der Waals surface area contributed by atoms with Gasteiger partial charge >= 0.3 is 0 Å². The van der Waals surface area contributed by atoms with Gasteiger partial charge in [0.1, 0.15) is 5.82 Å². The molecule has 6 nitrogen and oxygen atoms in total. The van der Waals surface area contributed by atoms with Gasteiger partial charge in [0.15, 0.2) is 0 Å². The van der Waals surface area contributed by atoms with Crippen LogP contribution in [0.2, 0.25) is 0 Å². The normalized spacial score (nSPS) is 15.3. The zero-order chi connectivity index (χ0) is 18.0. The largest absolute Gasteiger partial charge is 0.368 e. The summed E-state index contributed by atoms with van der Waals surface area (Å²) >= 11 is 0. The van der Waals surface area contributed by atoms with E-state index in [1.807, 2.05) is 6.07 Å². The van der Waals surface area contributed by atoms with Crippen molar-refractivity contribution in [2.75, 3.05) is 47.0 Å². The Morgan fingerprint density at radius 2 is 1.68 bits per heavy atom. The third kappa shape index (κ3) is 4.22. The number of hydrogen-bond donors (Lipinski definition) is 1. The first kappa shape index (κ1) is 17.5. The number of rotatable bonds is 4. The van der Waals surface area contributed by atoms with E-state index in [1.165, 1.54) is 16.8 Å². The smallest absolute Gasteiger partial charge is 0.229 e. The van der Waals surface area contributed by atoms with Crippen molar-refractivity contribution in [3.8, 4) is 0 Å². The Morgan fingerprint density at radius 1 is 1.00 bits per heavy atom. The van der Waals surface area contributed by atoms with Crippen molar-refractivity contribution >= 4 is 27.2 Å². The molecule has 1 aliphatic heterocycles. The minimum Gasteiger partial charge on any atom is -0.368 e. The zero-order valence-corrected chi connectivity index (χ0v) is 15.7. The topological polar surface area (TPSA) is 65.5 Å². The number of aryl methyl sites for hydroxylation is 1. The number of sulfonamides is 1. The molecule has 0 atom stereocenters. The fourth-order valence-electron chi connectivity index (χ4n) is 3.10. The van der Waals surface area contributed by atoms with Crippen molar-refractivity contribution in [1.82, 2.24) is 4.98 Å². The first-order chi connectivity index (χ1) is 11.8. The number of anilines is 3. The molecule has 1 aromatic heterocycles. The van der Waals surface area contributed by atoms with Gasteiger partial charge in [0, 0.05) is 31.9 Å². The number of piperazine rings is 1. The number of nitrogens with zero attached hydrogens (tertiary/aromatic N) is 3. The lowest BCUT2D eigenvalue weighted by Gasteiger charge is -2.37. The minimum absolute atomic E-state index is 0.486. The molecule has 1 saturated heterocycles. The van der Waals surface area contributed by atoms with Crippen LogP contribution < -0.4 is 14.5 Å². The molecule has 0 saturated carbocycles. The molecule has 0 unspecified atom stereocenters. The first-order valence-corrected chi connectivity index (χ1v) is 10.2. The Balaban J connectivity index is 1.65. The monoisotopic (exact) mass is 360 g/mol. The van der Waals surface area contributed by atoms with Gasteiger partial charge in [-0.05, 0) is 43.2 Å². The highest BCUT2D eigenvalue weighted by molar-refractivity contribution is 7.92. The minimum atomic E-state index is -3.27. The third-order valence-electron chi connectivity index (χ3n) is 4.57. The molecule has 0 bridgehead atoms. The SMILES string of the molecule is Cc1cccc(N2CCN(c3ccc(NS(C)(=O)=O)cn3)CC2)c1C. The van der Waals surface area contributed by atoms with Gasteiger partial charge in [0.05, 0.1) is 18.1 Å². The van der Waals surface area contributed by atoms with Crippen LogP contribution >= 0.6 is 0 Å². The van der Waals surface area contributed by atoms with E-state index in [-0.39, 0.29) is 0 Å². The second-order valence-corrected chi connectivity index (χ2v) is 8.22. The van der Waals surface area contributed by atoms with Gasteiger partial charge in [0.25, 0.3) is 0 Å². The predicted octanol–water partition coefficient (Wildman–Crippen LogP) is 2.40. The molecular formula is C18H24N4O2S. The second-order valence-electron chi connectivity index (χ2n) is 6.47. The highest BCUT2D eigenvalue weighted by Gasteiger charge is 2.19. The summed E-state index contributed by atoms with van der Waals surface area (Å²) in [5.41, 5.74) is 4.45. The van der Waals surface area contributed by atoms with E-state index in [2.05, 4.69) is 51.6 Å². The van der Waals surface area contributed by atoms with Crippen LogP contribution in [0.25, 0.3) is 0 Å². The first-order valence-electron chi connectivity index (χ1n) is 8.33. The van der Waals surface area contributed by atoms with Crippen LogP contribution in [0, 0.1) is 13.8 Å². The number of benzene rings is 1. The Morgan fingerprint density at radius 3 is 2.28 bits per heavy atom. The molecule has 0 amide bonds. The van der Waals surface area contributed by atoms with E-state index >= 15 is 0 Å². The van der Waals surface area contributed by atoms with Gasteiger partial charge in [-0.1, -0.05) is 12.1 Å². The number of pyridine rings is 1. The van der Waals surface area contributed by atoms with Gasteiger partial charge in [-0.2, -0.15) is 0 Å². The average molecular weight is 360 g/mol. The van der Waals surface area contributed by atoms with E-state index in [0.717, 1.165) is 38.3 Å². The van der Waals surface area contributed by atoms with Crippen molar-refractivity contribution in [2.45, 2.75) is 13.8 Å². The van der Waals surface area contributed by atoms with Crippen molar-refractivity contribution in [3.63, 3.8) is 0 Å². The van der Waals surface area contributed by atoms with Crippen LogP contribution in [0.1, 0.15) is 11.1 Å². The number of hydrogen-bond acceptors (Lipinski definition) is 5. The van der Waals surface area contributed by atoms with Gasteiger partial charge in [0.2, 0.25) is 10.0 Å². The third-order valence-corrected chi connectivity index (χ3v) is 5.18. The van der Waals surface area contributed by atoms with Crippen molar-refractivity contribution in [1.29, 1.82) is 0 Å². The van der Waals surface area contributed by atoms with Crippen molar-refractivity contribution in [3.05, 3.63) is 47.7 Å². The van der Waals surface area contributed by atoms with E-state index in [0.29, 0.717) is 5.69 Å². The van der Waals surface area contributed by atoms with E-state index < -0.39 is 10.0 Å². The maximum atomic E-state index is 11.3. The summed E-state index contributed by atoms with van der Waals surface area (Å²) in [4.78, 5) is 9.04. The Hall–Kier alpha value is -2.28. The molecule has 2 heterocycles. The lowest BCUT2D eigenvalue weighted by Crippen LogP contribution is -2.47. The fraction of sp³-hybridized carbons (Fsp3) is 0.389. The highest BCUT2D eigenvalue weighted by atomic mass is 32.2. The summed E-state index contributed by atoms with van der Waals surface area (Å²) in [5.74, 6) is 0.875. The molecule has 0 aliphatic carbocycles. The molecule has 134 valence electrons. The maximum Gasteiger partial charge on any atom is 0.229 e. The van der Waals surface area contributed by atoms with Crippen LogP contribution in [0.3, 0.4) is 0 Å². The molecule has 1 aliphatic rings. The zero-order valence-electron chi connectivity index (χ0n) is 14.9. The second kappa shape index (κ2) is 6.92. The van der Waals surface area contributed by atoms with Crippen LogP contribution in [0.5, 0.6) is 0 Å². The molecule has 2 aromatic rings. The van der Waals surface area contributed by atoms with Crippen molar-refractivity contribution in [2.24, 2.45) is 0 Å². The summed E-state index contributed by atoms with van der Waals surface area (Å²) in [6.45, 7) is 7.97. The molecule has 25 heavy (non-hydrogen) atoms. The lowest BCUT2D eigenvalue weighted by molar-refractivity contribution is 0.607. The molecule has 0 radical (unpaired) electrons. The maximum absolute atomic E-state index is 11.3. The Kier molecular flexibility index (Phi) is 4.85. The number of aromatic nitrogens is 1. The summed E-state index contributed by atoms with van der Waals surface area (Å²) < 4.78 is 24.9. The van der Waals surface area contributed by atoms with Gasteiger partial charge in [-0.15, -0.1) is 0 Å². The van der Waals surface area contributed by atoms with Crippen LogP contribution in [0.15, 0.2) is 36.5 Å².